The number of carbonyl (C=O) groups excluding carboxylic acids is 1. The topological polar surface area (TPSA) is 42.0 Å². The van der Waals surface area contributed by atoms with E-state index >= 15 is 0 Å². The summed E-state index contributed by atoms with van der Waals surface area (Å²) in [5, 5.41) is 3.32. The quantitative estimate of drug-likeness (QED) is 0.909. The number of hydrogen-bond acceptors (Lipinski definition) is 3. The van der Waals surface area contributed by atoms with Gasteiger partial charge in [-0.3, -0.25) is 9.78 Å². The Balaban J connectivity index is 1.82. The molecule has 1 aliphatic heterocycles. The summed E-state index contributed by atoms with van der Waals surface area (Å²) in [5.41, 5.74) is 3.23. The maximum Gasteiger partial charge on any atom is 0.160 e. The van der Waals surface area contributed by atoms with E-state index in [1.165, 1.54) is 5.56 Å². The number of ketones is 1. The molecule has 1 aliphatic rings. The highest BCUT2D eigenvalue weighted by atomic mass is 16.1. The van der Waals surface area contributed by atoms with Gasteiger partial charge in [-0.1, -0.05) is 30.3 Å². The summed E-state index contributed by atoms with van der Waals surface area (Å²) in [6.07, 6.45) is 3.10. The van der Waals surface area contributed by atoms with Crippen molar-refractivity contribution < 1.29 is 4.79 Å². The molecule has 1 aromatic carbocycles. The second-order valence-electron chi connectivity index (χ2n) is 4.80. The summed E-state index contributed by atoms with van der Waals surface area (Å²) in [5.74, 6) is 0.186. The second kappa shape index (κ2) is 5.33. The van der Waals surface area contributed by atoms with Gasteiger partial charge in [-0.15, -0.1) is 0 Å². The third kappa shape index (κ3) is 2.56. The second-order valence-corrected chi connectivity index (χ2v) is 4.80. The summed E-state index contributed by atoms with van der Waals surface area (Å²) < 4.78 is 0. The molecule has 2 heterocycles. The van der Waals surface area contributed by atoms with Crippen molar-refractivity contribution in [2.45, 2.75) is 18.9 Å². The van der Waals surface area contributed by atoms with Crippen LogP contribution in [0.15, 0.2) is 48.7 Å². The first-order valence-corrected chi connectivity index (χ1v) is 6.58. The van der Waals surface area contributed by atoms with Gasteiger partial charge in [-0.25, -0.2) is 0 Å². The monoisotopic (exact) mass is 252 g/mol. The van der Waals surface area contributed by atoms with Crippen LogP contribution in [0.25, 0.3) is 0 Å². The highest BCUT2D eigenvalue weighted by Gasteiger charge is 2.25. The molecule has 0 radical (unpaired) electrons. The minimum atomic E-state index is -0.188. The molecule has 2 aromatic rings. The van der Waals surface area contributed by atoms with Crippen molar-refractivity contribution in [3.05, 3.63) is 65.5 Å². The van der Waals surface area contributed by atoms with Crippen LogP contribution in [0, 0.1) is 0 Å². The van der Waals surface area contributed by atoms with E-state index in [4.69, 9.17) is 0 Å². The minimum Gasteiger partial charge on any atom is -0.303 e. The Morgan fingerprint density at radius 2 is 2.05 bits per heavy atom. The highest BCUT2D eigenvalue weighted by molar-refractivity contribution is 5.87. The summed E-state index contributed by atoms with van der Waals surface area (Å²) in [4.78, 5) is 16.6. The van der Waals surface area contributed by atoms with Crippen molar-refractivity contribution in [2.24, 2.45) is 0 Å². The number of rotatable bonds is 3. The van der Waals surface area contributed by atoms with Crippen LogP contribution in [0.1, 0.15) is 22.9 Å². The van der Waals surface area contributed by atoms with Gasteiger partial charge in [0.1, 0.15) is 0 Å². The molecule has 3 rings (SSSR count). The van der Waals surface area contributed by atoms with E-state index in [9.17, 15) is 4.79 Å². The molecule has 0 aliphatic carbocycles. The zero-order chi connectivity index (χ0) is 13.1. The smallest absolute Gasteiger partial charge is 0.160 e. The standard InChI is InChI=1S/C16H16N2O/c19-15(11-13-6-3-4-9-17-13)16-14-7-2-1-5-12(14)8-10-18-16/h1-7,9,16,18H,8,10-11H2. The van der Waals surface area contributed by atoms with Crippen molar-refractivity contribution >= 4 is 5.78 Å². The lowest BCUT2D eigenvalue weighted by atomic mass is 9.90. The van der Waals surface area contributed by atoms with Gasteiger partial charge in [-0.05, 0) is 29.7 Å². The van der Waals surface area contributed by atoms with Gasteiger partial charge in [-0.2, -0.15) is 0 Å². The average Bonchev–Trinajstić information content (AvgIpc) is 2.47. The van der Waals surface area contributed by atoms with Gasteiger partial charge >= 0.3 is 0 Å². The van der Waals surface area contributed by atoms with Crippen LogP contribution in [0.5, 0.6) is 0 Å². The summed E-state index contributed by atoms with van der Waals surface area (Å²) in [6.45, 7) is 0.857. The van der Waals surface area contributed by atoms with Gasteiger partial charge in [0, 0.05) is 18.4 Å². The fourth-order valence-corrected chi connectivity index (χ4v) is 2.58. The molecular formula is C16H16N2O. The van der Waals surface area contributed by atoms with Crippen molar-refractivity contribution in [3.8, 4) is 0 Å². The Bertz CT molecular complexity index is 580. The zero-order valence-corrected chi connectivity index (χ0v) is 10.7. The van der Waals surface area contributed by atoms with E-state index in [2.05, 4.69) is 16.4 Å². The molecule has 0 saturated heterocycles. The lowest BCUT2D eigenvalue weighted by Gasteiger charge is -2.25. The van der Waals surface area contributed by atoms with Gasteiger partial charge < -0.3 is 5.32 Å². The molecule has 19 heavy (non-hydrogen) atoms. The number of nitrogens with zero attached hydrogens (tertiary/aromatic N) is 1. The molecule has 1 atom stereocenters. The fraction of sp³-hybridized carbons (Fsp3) is 0.250. The Morgan fingerprint density at radius 3 is 2.89 bits per heavy atom. The molecule has 3 heteroatoms. The molecule has 3 nitrogen and oxygen atoms in total. The maximum atomic E-state index is 12.4. The van der Waals surface area contributed by atoms with Crippen molar-refractivity contribution in [1.29, 1.82) is 0 Å². The van der Waals surface area contributed by atoms with Crippen LogP contribution >= 0.6 is 0 Å². The summed E-state index contributed by atoms with van der Waals surface area (Å²) in [6, 6.07) is 13.7. The van der Waals surface area contributed by atoms with E-state index in [0.717, 1.165) is 24.2 Å². The predicted molar refractivity (Wildman–Crippen MR) is 73.8 cm³/mol. The molecule has 0 fully saturated rings. The lowest BCUT2D eigenvalue weighted by Crippen LogP contribution is -2.35. The van der Waals surface area contributed by atoms with Crippen LogP contribution in [0.4, 0.5) is 0 Å². The van der Waals surface area contributed by atoms with Gasteiger partial charge in [0.15, 0.2) is 5.78 Å². The first-order chi connectivity index (χ1) is 9.34. The van der Waals surface area contributed by atoms with Gasteiger partial charge in [0.25, 0.3) is 0 Å². The van der Waals surface area contributed by atoms with E-state index < -0.39 is 0 Å². The molecule has 1 unspecified atom stereocenters. The Hall–Kier alpha value is -2.00. The number of carbonyl (C=O) groups is 1. The van der Waals surface area contributed by atoms with E-state index in [-0.39, 0.29) is 11.8 Å². The van der Waals surface area contributed by atoms with Crippen LogP contribution in [0.2, 0.25) is 0 Å². The first-order valence-electron chi connectivity index (χ1n) is 6.58. The Morgan fingerprint density at radius 1 is 1.21 bits per heavy atom. The number of hydrogen-bond donors (Lipinski definition) is 1. The summed E-state index contributed by atoms with van der Waals surface area (Å²) >= 11 is 0. The first kappa shape index (κ1) is 12.1. The summed E-state index contributed by atoms with van der Waals surface area (Å²) in [7, 11) is 0. The number of nitrogens with one attached hydrogen (secondary N) is 1. The Kier molecular flexibility index (Phi) is 3.38. The fourth-order valence-electron chi connectivity index (χ4n) is 2.58. The number of aromatic nitrogens is 1. The minimum absolute atomic E-state index is 0.186. The number of Topliss-reactive ketones (excluding diaryl/α,β-unsaturated/α-hetero) is 1. The van der Waals surface area contributed by atoms with E-state index in [1.54, 1.807) is 6.20 Å². The van der Waals surface area contributed by atoms with Crippen molar-refractivity contribution in [3.63, 3.8) is 0 Å². The molecule has 0 spiro atoms. The molecular weight excluding hydrogens is 236 g/mol. The molecule has 0 amide bonds. The van der Waals surface area contributed by atoms with E-state index in [0.29, 0.717) is 6.42 Å². The molecule has 0 bridgehead atoms. The van der Waals surface area contributed by atoms with E-state index in [1.807, 2.05) is 36.4 Å². The third-order valence-electron chi connectivity index (χ3n) is 3.51. The molecule has 1 aromatic heterocycles. The predicted octanol–water partition coefficient (Wildman–Crippen LogP) is 2.08. The van der Waals surface area contributed by atoms with Crippen LogP contribution < -0.4 is 5.32 Å². The highest BCUT2D eigenvalue weighted by Crippen LogP contribution is 2.24. The van der Waals surface area contributed by atoms with Crippen LogP contribution in [-0.4, -0.2) is 17.3 Å². The lowest BCUT2D eigenvalue weighted by molar-refractivity contribution is -0.120. The zero-order valence-electron chi connectivity index (χ0n) is 10.7. The van der Waals surface area contributed by atoms with Crippen molar-refractivity contribution in [1.82, 2.24) is 10.3 Å². The number of fused-ring (bicyclic) bond motifs is 1. The average molecular weight is 252 g/mol. The third-order valence-corrected chi connectivity index (χ3v) is 3.51. The molecule has 96 valence electrons. The van der Waals surface area contributed by atoms with Crippen LogP contribution in [-0.2, 0) is 17.6 Å². The van der Waals surface area contributed by atoms with Gasteiger partial charge in [0.05, 0.1) is 12.5 Å². The maximum absolute atomic E-state index is 12.4. The Labute approximate surface area is 112 Å². The SMILES string of the molecule is O=C(Cc1ccccn1)C1NCCc2ccccc21. The van der Waals surface area contributed by atoms with Crippen molar-refractivity contribution in [2.75, 3.05) is 6.54 Å². The molecule has 0 saturated carbocycles. The largest absolute Gasteiger partial charge is 0.303 e. The number of pyridine rings is 1. The van der Waals surface area contributed by atoms with Crippen LogP contribution in [0.3, 0.4) is 0 Å². The normalized spacial score (nSPS) is 17.8. The van der Waals surface area contributed by atoms with Gasteiger partial charge in [0.2, 0.25) is 0 Å². The molecule has 1 N–H and O–H groups in total. The number of benzene rings is 1.